The summed E-state index contributed by atoms with van der Waals surface area (Å²) in [4.78, 5) is 25.1. The Morgan fingerprint density at radius 1 is 1.41 bits per heavy atom. The first kappa shape index (κ1) is 15.6. The van der Waals surface area contributed by atoms with Crippen LogP contribution in [0.25, 0.3) is 0 Å². The number of amides is 1. The van der Waals surface area contributed by atoms with Crippen LogP contribution in [-0.2, 0) is 11.3 Å². The lowest BCUT2D eigenvalue weighted by atomic mass is 10.2. The molecule has 0 saturated carbocycles. The fourth-order valence-electron chi connectivity index (χ4n) is 1.90. The van der Waals surface area contributed by atoms with Gasteiger partial charge in [-0.15, -0.1) is 0 Å². The standard InChI is InChI=1S/C15H17N3O4/c1-11-4-5-13(18(20)21)14(9-11)22-8-6-15(19)17-10-12-3-2-7-16-12/h2-5,7,9,16H,6,8,10H2,1H3,(H,17,19). The first-order valence-corrected chi connectivity index (χ1v) is 6.83. The highest BCUT2D eigenvalue weighted by molar-refractivity contribution is 5.75. The zero-order valence-corrected chi connectivity index (χ0v) is 12.2. The Balaban J connectivity index is 1.82. The largest absolute Gasteiger partial charge is 0.486 e. The van der Waals surface area contributed by atoms with Crippen molar-refractivity contribution >= 4 is 11.6 Å². The maximum Gasteiger partial charge on any atom is 0.310 e. The molecule has 116 valence electrons. The van der Waals surface area contributed by atoms with Crippen molar-refractivity contribution in [3.8, 4) is 5.75 Å². The first-order valence-electron chi connectivity index (χ1n) is 6.83. The number of nitrogens with zero attached hydrogens (tertiary/aromatic N) is 1. The van der Waals surface area contributed by atoms with E-state index in [1.54, 1.807) is 18.3 Å². The lowest BCUT2D eigenvalue weighted by molar-refractivity contribution is -0.385. The van der Waals surface area contributed by atoms with Crippen LogP contribution in [0.1, 0.15) is 17.7 Å². The van der Waals surface area contributed by atoms with Crippen LogP contribution in [-0.4, -0.2) is 22.4 Å². The van der Waals surface area contributed by atoms with E-state index < -0.39 is 4.92 Å². The van der Waals surface area contributed by atoms with E-state index in [0.717, 1.165) is 11.3 Å². The van der Waals surface area contributed by atoms with E-state index in [-0.39, 0.29) is 30.4 Å². The second-order valence-corrected chi connectivity index (χ2v) is 4.80. The number of nitro benzene ring substituents is 1. The van der Waals surface area contributed by atoms with Crippen molar-refractivity contribution in [2.45, 2.75) is 19.9 Å². The number of H-pyrrole nitrogens is 1. The van der Waals surface area contributed by atoms with Gasteiger partial charge in [0.25, 0.3) is 0 Å². The number of carbonyl (C=O) groups is 1. The van der Waals surface area contributed by atoms with Crippen LogP contribution < -0.4 is 10.1 Å². The fraction of sp³-hybridized carbons (Fsp3) is 0.267. The maximum absolute atomic E-state index is 11.7. The van der Waals surface area contributed by atoms with Crippen molar-refractivity contribution < 1.29 is 14.5 Å². The van der Waals surface area contributed by atoms with E-state index in [0.29, 0.717) is 6.54 Å². The third-order valence-corrected chi connectivity index (χ3v) is 3.04. The molecule has 0 atom stereocenters. The van der Waals surface area contributed by atoms with Crippen LogP contribution in [0, 0.1) is 17.0 Å². The molecule has 2 rings (SSSR count). The molecule has 0 spiro atoms. The maximum atomic E-state index is 11.7. The van der Waals surface area contributed by atoms with E-state index in [1.165, 1.54) is 6.07 Å². The summed E-state index contributed by atoms with van der Waals surface area (Å²) in [6.45, 7) is 2.32. The van der Waals surface area contributed by atoms with Crippen LogP contribution in [0.15, 0.2) is 36.5 Å². The minimum absolute atomic E-state index is 0.0842. The molecule has 1 aromatic carbocycles. The van der Waals surface area contributed by atoms with E-state index >= 15 is 0 Å². The normalized spacial score (nSPS) is 10.2. The second kappa shape index (κ2) is 7.26. The zero-order valence-electron chi connectivity index (χ0n) is 12.2. The van der Waals surface area contributed by atoms with Gasteiger partial charge in [-0.1, -0.05) is 6.07 Å². The highest BCUT2D eigenvalue weighted by Gasteiger charge is 2.15. The number of benzene rings is 1. The summed E-state index contributed by atoms with van der Waals surface area (Å²) in [6, 6.07) is 8.35. The second-order valence-electron chi connectivity index (χ2n) is 4.80. The molecule has 1 amide bonds. The van der Waals surface area contributed by atoms with E-state index in [4.69, 9.17) is 4.74 Å². The summed E-state index contributed by atoms with van der Waals surface area (Å²) in [5.41, 5.74) is 1.66. The number of aromatic amines is 1. The molecule has 1 heterocycles. The van der Waals surface area contributed by atoms with Gasteiger partial charge in [0.1, 0.15) is 0 Å². The Bertz CT molecular complexity index is 653. The summed E-state index contributed by atoms with van der Waals surface area (Å²) in [7, 11) is 0. The van der Waals surface area contributed by atoms with Crippen LogP contribution >= 0.6 is 0 Å². The van der Waals surface area contributed by atoms with Crippen molar-refractivity contribution in [3.63, 3.8) is 0 Å². The summed E-state index contributed by atoms with van der Waals surface area (Å²) < 4.78 is 5.38. The quantitative estimate of drug-likeness (QED) is 0.606. The topological polar surface area (TPSA) is 97.3 Å². The molecule has 1 aromatic heterocycles. The molecule has 0 radical (unpaired) electrons. The van der Waals surface area contributed by atoms with Crippen molar-refractivity contribution in [1.82, 2.24) is 10.3 Å². The number of aryl methyl sites for hydroxylation is 1. The van der Waals surface area contributed by atoms with Crippen LogP contribution in [0.3, 0.4) is 0 Å². The van der Waals surface area contributed by atoms with Gasteiger partial charge >= 0.3 is 5.69 Å². The molecule has 0 unspecified atom stereocenters. The van der Waals surface area contributed by atoms with Crippen LogP contribution in [0.5, 0.6) is 5.75 Å². The Kier molecular flexibility index (Phi) is 5.13. The third kappa shape index (κ3) is 4.34. The molecular weight excluding hydrogens is 286 g/mol. The van der Waals surface area contributed by atoms with E-state index in [9.17, 15) is 14.9 Å². The molecule has 22 heavy (non-hydrogen) atoms. The molecule has 7 nitrogen and oxygen atoms in total. The Morgan fingerprint density at radius 2 is 2.23 bits per heavy atom. The van der Waals surface area contributed by atoms with Crippen molar-refractivity contribution in [2.24, 2.45) is 0 Å². The summed E-state index contributed by atoms with van der Waals surface area (Å²) >= 11 is 0. The number of hydrogen-bond acceptors (Lipinski definition) is 4. The predicted molar refractivity (Wildman–Crippen MR) is 80.6 cm³/mol. The highest BCUT2D eigenvalue weighted by atomic mass is 16.6. The van der Waals surface area contributed by atoms with Crippen LogP contribution in [0.4, 0.5) is 5.69 Å². The van der Waals surface area contributed by atoms with E-state index in [2.05, 4.69) is 10.3 Å². The molecule has 0 aliphatic rings. The number of carbonyl (C=O) groups excluding carboxylic acids is 1. The minimum atomic E-state index is -0.500. The number of nitrogens with one attached hydrogen (secondary N) is 2. The number of rotatable bonds is 7. The van der Waals surface area contributed by atoms with Gasteiger partial charge in [-0.2, -0.15) is 0 Å². The van der Waals surface area contributed by atoms with Gasteiger partial charge in [0.2, 0.25) is 5.91 Å². The van der Waals surface area contributed by atoms with Crippen molar-refractivity contribution in [3.05, 3.63) is 57.9 Å². The predicted octanol–water partition coefficient (Wildman–Crippen LogP) is 2.32. The minimum Gasteiger partial charge on any atom is -0.486 e. The van der Waals surface area contributed by atoms with Gasteiger partial charge in [-0.05, 0) is 30.7 Å². The van der Waals surface area contributed by atoms with Gasteiger partial charge in [-0.25, -0.2) is 0 Å². The first-order chi connectivity index (χ1) is 10.6. The number of aromatic nitrogens is 1. The molecular formula is C15H17N3O4. The number of nitro groups is 1. The SMILES string of the molecule is Cc1ccc([N+](=O)[O-])c(OCCC(=O)NCc2ccc[nH]2)c1. The molecule has 0 aliphatic heterocycles. The van der Waals surface area contributed by atoms with Gasteiger partial charge < -0.3 is 15.0 Å². The summed E-state index contributed by atoms with van der Waals surface area (Å²) in [6.07, 6.45) is 1.91. The average Bonchev–Trinajstić information content (AvgIpc) is 2.98. The van der Waals surface area contributed by atoms with Crippen molar-refractivity contribution in [2.75, 3.05) is 6.61 Å². The van der Waals surface area contributed by atoms with Crippen molar-refractivity contribution in [1.29, 1.82) is 0 Å². The lowest BCUT2D eigenvalue weighted by Crippen LogP contribution is -2.24. The van der Waals surface area contributed by atoms with E-state index in [1.807, 2.05) is 19.1 Å². The average molecular weight is 303 g/mol. The molecule has 0 bridgehead atoms. The Labute approximate surface area is 127 Å². The number of hydrogen-bond donors (Lipinski definition) is 2. The van der Waals surface area contributed by atoms with Gasteiger partial charge in [0.05, 0.1) is 24.5 Å². The molecule has 2 N–H and O–H groups in total. The van der Waals surface area contributed by atoms with Gasteiger partial charge in [0, 0.05) is 18.0 Å². The monoisotopic (exact) mass is 303 g/mol. The smallest absolute Gasteiger partial charge is 0.310 e. The molecule has 0 aliphatic carbocycles. The molecule has 7 heteroatoms. The third-order valence-electron chi connectivity index (χ3n) is 3.04. The molecule has 0 fully saturated rings. The Morgan fingerprint density at radius 3 is 2.91 bits per heavy atom. The molecule has 0 saturated heterocycles. The van der Waals surface area contributed by atoms with Crippen LogP contribution in [0.2, 0.25) is 0 Å². The van der Waals surface area contributed by atoms with Gasteiger partial charge in [0.15, 0.2) is 5.75 Å². The highest BCUT2D eigenvalue weighted by Crippen LogP contribution is 2.27. The fourth-order valence-corrected chi connectivity index (χ4v) is 1.90. The molecule has 2 aromatic rings. The van der Waals surface area contributed by atoms with Gasteiger partial charge in [-0.3, -0.25) is 14.9 Å². The zero-order chi connectivity index (χ0) is 15.9. The number of ether oxygens (including phenoxy) is 1. The Hall–Kier alpha value is -2.83. The summed E-state index contributed by atoms with van der Waals surface area (Å²) in [5, 5.41) is 13.6. The summed E-state index contributed by atoms with van der Waals surface area (Å²) in [5.74, 6) is 0.00655. The lowest BCUT2D eigenvalue weighted by Gasteiger charge is -2.08.